The molecule has 1 saturated carbocycles. The molecule has 1 heterocycles. The topological polar surface area (TPSA) is 84.7 Å². The Kier molecular flexibility index (Phi) is 5.86. The normalized spacial score (nSPS) is 13.3. The van der Waals surface area contributed by atoms with Gasteiger partial charge in [0.25, 0.3) is 0 Å². The van der Waals surface area contributed by atoms with Crippen LogP contribution in [-0.4, -0.2) is 38.5 Å². The first-order valence-electron chi connectivity index (χ1n) is 9.40. The van der Waals surface area contributed by atoms with E-state index in [4.69, 9.17) is 0 Å². The Morgan fingerprint density at radius 3 is 2.64 bits per heavy atom. The lowest BCUT2D eigenvalue weighted by Gasteiger charge is -2.08. The summed E-state index contributed by atoms with van der Waals surface area (Å²) in [6, 6.07) is 18.1. The minimum atomic E-state index is -0.194. The number of aromatic nitrogens is 4. The summed E-state index contributed by atoms with van der Waals surface area (Å²) in [6.45, 7) is 0.639. The van der Waals surface area contributed by atoms with Crippen LogP contribution in [0.2, 0.25) is 0 Å². The van der Waals surface area contributed by atoms with Gasteiger partial charge in [-0.1, -0.05) is 18.2 Å². The van der Waals surface area contributed by atoms with Crippen LogP contribution in [0.3, 0.4) is 0 Å². The lowest BCUT2D eigenvalue weighted by Crippen LogP contribution is -2.29. The van der Waals surface area contributed by atoms with Crippen LogP contribution in [-0.2, 0) is 0 Å². The number of hydrogen-bond acceptors (Lipinski definition) is 5. The Balaban J connectivity index is 1.21. The monoisotopic (exact) mass is 394 g/mol. The zero-order valence-electron chi connectivity index (χ0n) is 15.4. The molecule has 8 heteroatoms. The van der Waals surface area contributed by atoms with Gasteiger partial charge in [-0.05, 0) is 71.8 Å². The standard InChI is InChI=1S/C20H22N6OS/c27-20(21-13-4-14-28-18-5-2-1-3-6-18)22-16-9-7-15(8-10-16)19-23-24-25-26(19)17-11-12-17/h1-3,5-10,17H,4,11-14H2,(H2,21,22,27). The van der Waals surface area contributed by atoms with E-state index >= 15 is 0 Å². The number of benzene rings is 2. The third kappa shape index (κ3) is 4.89. The Bertz CT molecular complexity index is 908. The average Bonchev–Trinajstić information content (AvgIpc) is 3.46. The molecule has 0 saturated heterocycles. The summed E-state index contributed by atoms with van der Waals surface area (Å²) >= 11 is 1.79. The summed E-state index contributed by atoms with van der Waals surface area (Å²) in [4.78, 5) is 13.3. The number of anilines is 1. The lowest BCUT2D eigenvalue weighted by atomic mass is 10.2. The van der Waals surface area contributed by atoms with Gasteiger partial charge in [0.05, 0.1) is 6.04 Å². The number of amides is 2. The van der Waals surface area contributed by atoms with E-state index in [9.17, 15) is 4.79 Å². The first kappa shape index (κ1) is 18.5. The SMILES string of the molecule is O=C(NCCCSc1ccccc1)Nc1ccc(-c2nnnn2C2CC2)cc1. The highest BCUT2D eigenvalue weighted by Crippen LogP contribution is 2.36. The largest absolute Gasteiger partial charge is 0.338 e. The number of carbonyl (C=O) groups is 1. The summed E-state index contributed by atoms with van der Waals surface area (Å²) in [7, 11) is 0. The van der Waals surface area contributed by atoms with Gasteiger partial charge in [-0.25, -0.2) is 9.48 Å². The van der Waals surface area contributed by atoms with Crippen molar-refractivity contribution in [2.45, 2.75) is 30.2 Å². The van der Waals surface area contributed by atoms with Crippen molar-refractivity contribution < 1.29 is 4.79 Å². The number of carbonyl (C=O) groups excluding carboxylic acids is 1. The van der Waals surface area contributed by atoms with Crippen LogP contribution in [0.4, 0.5) is 10.5 Å². The quantitative estimate of drug-likeness (QED) is 0.446. The Morgan fingerprint density at radius 2 is 1.89 bits per heavy atom. The Hall–Kier alpha value is -2.87. The van der Waals surface area contributed by atoms with Gasteiger partial charge >= 0.3 is 6.03 Å². The highest BCUT2D eigenvalue weighted by molar-refractivity contribution is 7.99. The summed E-state index contributed by atoms with van der Waals surface area (Å²) < 4.78 is 1.88. The van der Waals surface area contributed by atoms with Crippen LogP contribution in [0.1, 0.15) is 25.3 Å². The van der Waals surface area contributed by atoms with Gasteiger partial charge in [-0.15, -0.1) is 16.9 Å². The van der Waals surface area contributed by atoms with Crippen LogP contribution in [0.15, 0.2) is 59.5 Å². The zero-order chi connectivity index (χ0) is 19.2. The fourth-order valence-electron chi connectivity index (χ4n) is 2.81. The molecule has 4 rings (SSSR count). The Morgan fingerprint density at radius 1 is 1.11 bits per heavy atom. The van der Waals surface area contributed by atoms with Gasteiger partial charge in [0.1, 0.15) is 0 Å². The van der Waals surface area contributed by atoms with Gasteiger partial charge in [0, 0.05) is 22.7 Å². The molecule has 2 amide bonds. The molecule has 1 aliphatic carbocycles. The maximum absolute atomic E-state index is 12.0. The lowest BCUT2D eigenvalue weighted by molar-refractivity contribution is 0.252. The van der Waals surface area contributed by atoms with Crippen molar-refractivity contribution in [1.29, 1.82) is 0 Å². The summed E-state index contributed by atoms with van der Waals surface area (Å²) in [5.74, 6) is 1.74. The van der Waals surface area contributed by atoms with E-state index in [0.29, 0.717) is 12.6 Å². The fraction of sp³-hybridized carbons (Fsp3) is 0.300. The minimum absolute atomic E-state index is 0.194. The predicted octanol–water partition coefficient (Wildman–Crippen LogP) is 3.98. The van der Waals surface area contributed by atoms with Crippen molar-refractivity contribution in [3.8, 4) is 11.4 Å². The van der Waals surface area contributed by atoms with Crippen LogP contribution >= 0.6 is 11.8 Å². The van der Waals surface area contributed by atoms with Crippen LogP contribution in [0.25, 0.3) is 11.4 Å². The molecule has 0 aliphatic heterocycles. The second kappa shape index (κ2) is 8.88. The molecule has 1 aromatic heterocycles. The zero-order valence-corrected chi connectivity index (χ0v) is 16.2. The molecule has 144 valence electrons. The molecule has 2 N–H and O–H groups in total. The molecular formula is C20H22N6OS. The van der Waals surface area contributed by atoms with Gasteiger partial charge in [0.15, 0.2) is 5.82 Å². The van der Waals surface area contributed by atoms with Crippen molar-refractivity contribution >= 4 is 23.5 Å². The highest BCUT2D eigenvalue weighted by atomic mass is 32.2. The van der Waals surface area contributed by atoms with E-state index in [1.54, 1.807) is 11.8 Å². The molecule has 0 atom stereocenters. The number of tetrazole rings is 1. The summed E-state index contributed by atoms with van der Waals surface area (Å²) in [6.07, 6.45) is 3.17. The number of nitrogens with zero attached hydrogens (tertiary/aromatic N) is 4. The molecule has 0 bridgehead atoms. The van der Waals surface area contributed by atoms with Crippen molar-refractivity contribution in [2.75, 3.05) is 17.6 Å². The number of thioether (sulfide) groups is 1. The summed E-state index contributed by atoms with van der Waals surface area (Å²) in [5.41, 5.74) is 1.69. The first-order valence-corrected chi connectivity index (χ1v) is 10.4. The fourth-order valence-corrected chi connectivity index (χ4v) is 3.68. The maximum atomic E-state index is 12.0. The highest BCUT2D eigenvalue weighted by Gasteiger charge is 2.28. The van der Waals surface area contributed by atoms with E-state index in [-0.39, 0.29) is 6.03 Å². The van der Waals surface area contributed by atoms with Crippen molar-refractivity contribution in [3.05, 3.63) is 54.6 Å². The average molecular weight is 395 g/mol. The van der Waals surface area contributed by atoms with E-state index < -0.39 is 0 Å². The molecule has 28 heavy (non-hydrogen) atoms. The molecule has 0 unspecified atom stereocenters. The van der Waals surface area contributed by atoms with Crippen molar-refractivity contribution in [3.63, 3.8) is 0 Å². The molecule has 1 fully saturated rings. The van der Waals surface area contributed by atoms with Crippen molar-refractivity contribution in [2.24, 2.45) is 0 Å². The summed E-state index contributed by atoms with van der Waals surface area (Å²) in [5, 5.41) is 17.7. The van der Waals surface area contributed by atoms with Crippen LogP contribution in [0, 0.1) is 0 Å². The molecule has 0 radical (unpaired) electrons. The van der Waals surface area contributed by atoms with E-state index in [1.165, 1.54) is 4.90 Å². The Labute approximate surface area is 167 Å². The molecule has 2 aromatic carbocycles. The van der Waals surface area contributed by atoms with Gasteiger partial charge in [-0.3, -0.25) is 0 Å². The number of hydrogen-bond donors (Lipinski definition) is 2. The van der Waals surface area contributed by atoms with Gasteiger partial charge < -0.3 is 10.6 Å². The first-order chi connectivity index (χ1) is 13.8. The van der Waals surface area contributed by atoms with Gasteiger partial charge in [0.2, 0.25) is 0 Å². The molecule has 7 nitrogen and oxygen atoms in total. The molecule has 0 spiro atoms. The molecular weight excluding hydrogens is 372 g/mol. The van der Waals surface area contributed by atoms with E-state index in [0.717, 1.165) is 42.1 Å². The number of rotatable bonds is 8. The molecule has 3 aromatic rings. The van der Waals surface area contributed by atoms with Gasteiger partial charge in [-0.2, -0.15) is 0 Å². The maximum Gasteiger partial charge on any atom is 0.319 e. The minimum Gasteiger partial charge on any atom is -0.338 e. The van der Waals surface area contributed by atoms with E-state index in [1.807, 2.05) is 47.1 Å². The van der Waals surface area contributed by atoms with E-state index in [2.05, 4.69) is 38.3 Å². The third-order valence-electron chi connectivity index (χ3n) is 4.41. The van der Waals surface area contributed by atoms with Crippen LogP contribution in [0.5, 0.6) is 0 Å². The third-order valence-corrected chi connectivity index (χ3v) is 5.50. The second-order valence-electron chi connectivity index (χ2n) is 6.65. The number of urea groups is 1. The second-order valence-corrected chi connectivity index (χ2v) is 7.82. The van der Waals surface area contributed by atoms with Crippen LogP contribution < -0.4 is 10.6 Å². The predicted molar refractivity (Wildman–Crippen MR) is 110 cm³/mol. The smallest absolute Gasteiger partial charge is 0.319 e. The van der Waals surface area contributed by atoms with Crippen molar-refractivity contribution in [1.82, 2.24) is 25.5 Å². The molecule has 1 aliphatic rings. The number of nitrogens with one attached hydrogen (secondary N) is 2.